The third-order valence-electron chi connectivity index (χ3n) is 3.11. The zero-order valence-electron chi connectivity index (χ0n) is 9.69. The first-order chi connectivity index (χ1) is 8.25. The summed E-state index contributed by atoms with van der Waals surface area (Å²) in [6.45, 7) is 3.51. The van der Waals surface area contributed by atoms with Gasteiger partial charge in [0.15, 0.2) is 0 Å². The van der Waals surface area contributed by atoms with E-state index in [-0.39, 0.29) is 0 Å². The number of ether oxygens (including phenoxy) is 1. The molecule has 0 aromatic carbocycles. The summed E-state index contributed by atoms with van der Waals surface area (Å²) >= 11 is 3.48. The number of hydrogen-bond acceptors (Lipinski definition) is 3. The number of fused-ring (bicyclic) bond motifs is 1. The van der Waals surface area contributed by atoms with Crippen LogP contribution in [0.15, 0.2) is 22.9 Å². The van der Waals surface area contributed by atoms with Crippen LogP contribution in [-0.4, -0.2) is 35.9 Å². The van der Waals surface area contributed by atoms with Gasteiger partial charge in [0.05, 0.1) is 18.9 Å². The third-order valence-corrected chi connectivity index (χ3v) is 3.54. The molecule has 2 aromatic heterocycles. The number of hydrogen-bond donors (Lipinski definition) is 0. The Labute approximate surface area is 108 Å². The highest BCUT2D eigenvalue weighted by Gasteiger charge is 2.17. The topological polar surface area (TPSA) is 30.3 Å². The SMILES string of the molecule is Cn1cc(N2CCOCC2)c2cc(Br)cnc21. The zero-order valence-corrected chi connectivity index (χ0v) is 11.3. The highest BCUT2D eigenvalue weighted by Crippen LogP contribution is 2.29. The molecule has 0 aliphatic carbocycles. The Balaban J connectivity index is 2.11. The van der Waals surface area contributed by atoms with E-state index in [1.807, 2.05) is 13.2 Å². The van der Waals surface area contributed by atoms with Crippen LogP contribution in [0, 0.1) is 0 Å². The molecule has 0 saturated carbocycles. The van der Waals surface area contributed by atoms with Crippen LogP contribution in [-0.2, 0) is 11.8 Å². The molecule has 0 unspecified atom stereocenters. The van der Waals surface area contributed by atoms with E-state index in [2.05, 4.69) is 42.6 Å². The van der Waals surface area contributed by atoms with E-state index in [1.165, 1.54) is 11.1 Å². The third kappa shape index (κ3) is 1.93. The summed E-state index contributed by atoms with van der Waals surface area (Å²) in [5.41, 5.74) is 2.27. The van der Waals surface area contributed by atoms with Crippen LogP contribution in [0.5, 0.6) is 0 Å². The summed E-state index contributed by atoms with van der Waals surface area (Å²) < 4.78 is 8.49. The van der Waals surface area contributed by atoms with Gasteiger partial charge < -0.3 is 14.2 Å². The van der Waals surface area contributed by atoms with Crippen molar-refractivity contribution in [2.45, 2.75) is 0 Å². The van der Waals surface area contributed by atoms with Crippen molar-refractivity contribution in [1.29, 1.82) is 0 Å². The van der Waals surface area contributed by atoms with Crippen molar-refractivity contribution in [2.75, 3.05) is 31.2 Å². The molecule has 0 atom stereocenters. The molecule has 1 aliphatic rings. The minimum atomic E-state index is 0.803. The molecule has 0 spiro atoms. The first-order valence-corrected chi connectivity index (χ1v) is 6.48. The number of nitrogens with zero attached hydrogens (tertiary/aromatic N) is 3. The van der Waals surface area contributed by atoms with Gasteiger partial charge >= 0.3 is 0 Å². The fraction of sp³-hybridized carbons (Fsp3) is 0.417. The summed E-state index contributed by atoms with van der Waals surface area (Å²) in [6, 6.07) is 2.13. The fourth-order valence-corrected chi connectivity index (χ4v) is 2.60. The van der Waals surface area contributed by atoms with E-state index in [9.17, 15) is 0 Å². The maximum absolute atomic E-state index is 5.39. The molecule has 1 aliphatic heterocycles. The molecule has 17 heavy (non-hydrogen) atoms. The number of morpholine rings is 1. The van der Waals surface area contributed by atoms with Crippen molar-refractivity contribution < 1.29 is 4.74 Å². The lowest BCUT2D eigenvalue weighted by atomic mass is 10.2. The molecule has 2 aromatic rings. The predicted molar refractivity (Wildman–Crippen MR) is 71.4 cm³/mol. The Kier molecular flexibility index (Phi) is 2.80. The highest BCUT2D eigenvalue weighted by atomic mass is 79.9. The monoisotopic (exact) mass is 295 g/mol. The van der Waals surface area contributed by atoms with E-state index in [0.29, 0.717) is 0 Å². The van der Waals surface area contributed by atoms with Gasteiger partial charge in [-0.2, -0.15) is 0 Å². The molecular weight excluding hydrogens is 282 g/mol. The number of halogens is 1. The summed E-state index contributed by atoms with van der Waals surface area (Å²) in [6.07, 6.45) is 3.99. The van der Waals surface area contributed by atoms with Gasteiger partial charge in [0.2, 0.25) is 0 Å². The highest BCUT2D eigenvalue weighted by molar-refractivity contribution is 9.10. The molecule has 0 amide bonds. The first kappa shape index (κ1) is 11.0. The Morgan fingerprint density at radius 2 is 2.12 bits per heavy atom. The Bertz CT molecular complexity index is 546. The van der Waals surface area contributed by atoms with Crippen LogP contribution >= 0.6 is 15.9 Å². The molecule has 5 heteroatoms. The molecule has 1 saturated heterocycles. The lowest BCUT2D eigenvalue weighted by molar-refractivity contribution is 0.123. The maximum atomic E-state index is 5.39. The van der Waals surface area contributed by atoms with Crippen LogP contribution in [0.25, 0.3) is 11.0 Å². The van der Waals surface area contributed by atoms with Crippen LogP contribution in [0.2, 0.25) is 0 Å². The fourth-order valence-electron chi connectivity index (χ4n) is 2.27. The molecule has 0 radical (unpaired) electrons. The van der Waals surface area contributed by atoms with E-state index in [0.717, 1.165) is 36.4 Å². The smallest absolute Gasteiger partial charge is 0.141 e. The van der Waals surface area contributed by atoms with Gasteiger partial charge in [-0.25, -0.2) is 4.98 Å². The average Bonchev–Trinajstić information content (AvgIpc) is 2.67. The van der Waals surface area contributed by atoms with Gasteiger partial charge in [0.1, 0.15) is 5.65 Å². The first-order valence-electron chi connectivity index (χ1n) is 5.69. The van der Waals surface area contributed by atoms with Gasteiger partial charge in [-0.1, -0.05) is 0 Å². The van der Waals surface area contributed by atoms with Crippen molar-refractivity contribution in [3.05, 3.63) is 22.9 Å². The molecule has 3 heterocycles. The zero-order chi connectivity index (χ0) is 11.8. The largest absolute Gasteiger partial charge is 0.378 e. The molecule has 0 N–H and O–H groups in total. The predicted octanol–water partition coefficient (Wildman–Crippen LogP) is 2.17. The molecule has 90 valence electrons. The quantitative estimate of drug-likeness (QED) is 0.808. The van der Waals surface area contributed by atoms with E-state index in [1.54, 1.807) is 0 Å². The standard InChI is InChI=1S/C12H14BrN3O/c1-15-8-11(16-2-4-17-5-3-16)10-6-9(13)7-14-12(10)15/h6-8H,2-5H2,1H3. The van der Waals surface area contributed by atoms with Crippen molar-refractivity contribution in [2.24, 2.45) is 7.05 Å². The maximum Gasteiger partial charge on any atom is 0.141 e. The van der Waals surface area contributed by atoms with Crippen molar-refractivity contribution in [3.63, 3.8) is 0 Å². The second-order valence-electron chi connectivity index (χ2n) is 4.25. The lowest BCUT2D eigenvalue weighted by Gasteiger charge is -2.28. The molecule has 1 fully saturated rings. The Hall–Kier alpha value is -1.07. The molecule has 0 bridgehead atoms. The minimum Gasteiger partial charge on any atom is -0.378 e. The second-order valence-corrected chi connectivity index (χ2v) is 5.17. The molecular formula is C12H14BrN3O. The number of aryl methyl sites for hydroxylation is 1. The summed E-state index contributed by atoms with van der Waals surface area (Å²) in [5.74, 6) is 0. The van der Waals surface area contributed by atoms with E-state index in [4.69, 9.17) is 4.74 Å². The number of aromatic nitrogens is 2. The lowest BCUT2D eigenvalue weighted by Crippen LogP contribution is -2.36. The van der Waals surface area contributed by atoms with Gasteiger partial charge in [-0.3, -0.25) is 0 Å². The van der Waals surface area contributed by atoms with Crippen molar-refractivity contribution in [1.82, 2.24) is 9.55 Å². The Morgan fingerprint density at radius 3 is 2.88 bits per heavy atom. The van der Waals surface area contributed by atoms with Gasteiger partial charge in [-0.15, -0.1) is 0 Å². The molecule has 4 nitrogen and oxygen atoms in total. The Morgan fingerprint density at radius 1 is 1.35 bits per heavy atom. The van der Waals surface area contributed by atoms with Gasteiger partial charge in [-0.05, 0) is 22.0 Å². The second kappa shape index (κ2) is 4.31. The number of anilines is 1. The van der Waals surface area contributed by atoms with Crippen LogP contribution in [0.4, 0.5) is 5.69 Å². The molecule has 3 rings (SSSR count). The van der Waals surface area contributed by atoms with Crippen LogP contribution in [0.1, 0.15) is 0 Å². The number of rotatable bonds is 1. The van der Waals surface area contributed by atoms with Crippen molar-refractivity contribution >= 4 is 32.7 Å². The van der Waals surface area contributed by atoms with E-state index >= 15 is 0 Å². The number of pyridine rings is 1. The van der Waals surface area contributed by atoms with Gasteiger partial charge in [0.25, 0.3) is 0 Å². The summed E-state index contributed by atoms with van der Waals surface area (Å²) in [5, 5.41) is 1.20. The average molecular weight is 296 g/mol. The van der Waals surface area contributed by atoms with Crippen molar-refractivity contribution in [3.8, 4) is 0 Å². The van der Waals surface area contributed by atoms with Crippen LogP contribution in [0.3, 0.4) is 0 Å². The van der Waals surface area contributed by atoms with Crippen LogP contribution < -0.4 is 4.90 Å². The summed E-state index contributed by atoms with van der Waals surface area (Å²) in [7, 11) is 2.03. The minimum absolute atomic E-state index is 0.803. The van der Waals surface area contributed by atoms with E-state index < -0.39 is 0 Å². The van der Waals surface area contributed by atoms with Gasteiger partial charge in [0, 0.05) is 42.4 Å². The summed E-state index contributed by atoms with van der Waals surface area (Å²) in [4.78, 5) is 6.82. The normalized spacial score (nSPS) is 16.7.